The van der Waals surface area contributed by atoms with E-state index in [0.717, 1.165) is 35.5 Å². The summed E-state index contributed by atoms with van der Waals surface area (Å²) in [6, 6.07) is 0.426. The molecular formula is C17H33IN4S. The molecule has 23 heavy (non-hydrogen) atoms. The van der Waals surface area contributed by atoms with Crippen molar-refractivity contribution in [1.82, 2.24) is 15.6 Å². The number of hydrogen-bond acceptors (Lipinski definition) is 3. The molecule has 1 unspecified atom stereocenters. The van der Waals surface area contributed by atoms with Crippen molar-refractivity contribution in [3.63, 3.8) is 0 Å². The van der Waals surface area contributed by atoms with Crippen LogP contribution in [0.4, 0.5) is 0 Å². The topological polar surface area (TPSA) is 49.3 Å². The highest BCUT2D eigenvalue weighted by molar-refractivity contribution is 14.0. The minimum atomic E-state index is 0. The molecule has 0 aliphatic heterocycles. The van der Waals surface area contributed by atoms with E-state index in [1.165, 1.54) is 6.42 Å². The molecule has 0 aliphatic rings. The Kier molecular flexibility index (Phi) is 10.3. The van der Waals surface area contributed by atoms with Gasteiger partial charge in [-0.1, -0.05) is 34.6 Å². The third-order valence-electron chi connectivity index (χ3n) is 3.51. The van der Waals surface area contributed by atoms with Crippen molar-refractivity contribution in [3.8, 4) is 0 Å². The van der Waals surface area contributed by atoms with Crippen molar-refractivity contribution in [2.24, 2.45) is 10.9 Å². The van der Waals surface area contributed by atoms with E-state index in [1.54, 1.807) is 11.3 Å². The van der Waals surface area contributed by atoms with Gasteiger partial charge in [-0.25, -0.2) is 4.98 Å². The maximum atomic E-state index is 4.70. The van der Waals surface area contributed by atoms with Gasteiger partial charge in [-0.2, -0.15) is 0 Å². The Balaban J connectivity index is 0.00000484. The number of rotatable bonds is 6. The van der Waals surface area contributed by atoms with Crippen LogP contribution < -0.4 is 10.6 Å². The molecule has 0 amide bonds. The van der Waals surface area contributed by atoms with Crippen molar-refractivity contribution >= 4 is 41.3 Å². The van der Waals surface area contributed by atoms with Gasteiger partial charge in [0, 0.05) is 23.9 Å². The zero-order chi connectivity index (χ0) is 16.8. The van der Waals surface area contributed by atoms with E-state index >= 15 is 0 Å². The molecule has 0 radical (unpaired) electrons. The summed E-state index contributed by atoms with van der Waals surface area (Å²) >= 11 is 1.71. The highest BCUT2D eigenvalue weighted by Gasteiger charge is 2.17. The normalized spacial score (nSPS) is 13.7. The number of nitrogens with one attached hydrogen (secondary N) is 2. The Morgan fingerprint density at radius 2 is 1.91 bits per heavy atom. The van der Waals surface area contributed by atoms with Crippen LogP contribution in [0, 0.1) is 5.92 Å². The predicted octanol–water partition coefficient (Wildman–Crippen LogP) is 4.55. The summed E-state index contributed by atoms with van der Waals surface area (Å²) in [6.45, 7) is 14.0. The Morgan fingerprint density at radius 1 is 1.26 bits per heavy atom. The molecule has 2 N–H and O–H groups in total. The van der Waals surface area contributed by atoms with E-state index in [4.69, 9.17) is 4.98 Å². The second kappa shape index (κ2) is 10.5. The first-order valence-corrected chi connectivity index (χ1v) is 9.02. The minimum Gasteiger partial charge on any atom is -0.354 e. The number of nitrogens with zero attached hydrogens (tertiary/aromatic N) is 2. The van der Waals surface area contributed by atoms with Crippen LogP contribution in [0.2, 0.25) is 0 Å². The molecule has 1 aromatic rings. The molecule has 1 heterocycles. The van der Waals surface area contributed by atoms with Crippen molar-refractivity contribution in [1.29, 1.82) is 0 Å². The quantitative estimate of drug-likeness (QED) is 0.378. The molecule has 0 spiro atoms. The number of aromatic nitrogens is 1. The predicted molar refractivity (Wildman–Crippen MR) is 113 cm³/mol. The van der Waals surface area contributed by atoms with Crippen LogP contribution >= 0.6 is 35.3 Å². The van der Waals surface area contributed by atoms with Gasteiger partial charge in [0.15, 0.2) is 5.96 Å². The van der Waals surface area contributed by atoms with Crippen molar-refractivity contribution < 1.29 is 0 Å². The fourth-order valence-corrected chi connectivity index (χ4v) is 2.94. The van der Waals surface area contributed by atoms with Gasteiger partial charge in [0.1, 0.15) is 5.01 Å². The maximum Gasteiger partial charge on any atom is 0.191 e. The van der Waals surface area contributed by atoms with Crippen LogP contribution in [0.1, 0.15) is 65.1 Å². The third-order valence-corrected chi connectivity index (χ3v) is 4.36. The Labute approximate surface area is 163 Å². The summed E-state index contributed by atoms with van der Waals surface area (Å²) < 4.78 is 0. The van der Waals surface area contributed by atoms with Crippen molar-refractivity contribution in [3.05, 3.63) is 16.1 Å². The van der Waals surface area contributed by atoms with E-state index in [-0.39, 0.29) is 29.4 Å². The van der Waals surface area contributed by atoms with Crippen LogP contribution in [-0.4, -0.2) is 24.0 Å². The molecule has 6 heteroatoms. The van der Waals surface area contributed by atoms with E-state index in [0.29, 0.717) is 6.04 Å². The molecular weight excluding hydrogens is 419 g/mol. The second-order valence-corrected chi connectivity index (χ2v) is 8.26. The summed E-state index contributed by atoms with van der Waals surface area (Å²) in [7, 11) is 1.81. The summed E-state index contributed by atoms with van der Waals surface area (Å²) in [5, 5.41) is 10.1. The first-order chi connectivity index (χ1) is 10.2. The lowest BCUT2D eigenvalue weighted by molar-refractivity contribution is 0.489. The highest BCUT2D eigenvalue weighted by Crippen LogP contribution is 2.23. The molecule has 1 rings (SSSR count). The average Bonchev–Trinajstić information content (AvgIpc) is 2.90. The highest BCUT2D eigenvalue weighted by atomic mass is 127. The molecule has 0 aliphatic carbocycles. The fraction of sp³-hybridized carbons (Fsp3) is 0.765. The SMILES string of the molecule is CN=C(NCc1nc(C(C)(C)C)cs1)NC(C)CCC(C)C.I. The number of halogens is 1. The smallest absolute Gasteiger partial charge is 0.191 e. The number of guanidine groups is 1. The first-order valence-electron chi connectivity index (χ1n) is 8.14. The lowest BCUT2D eigenvalue weighted by Crippen LogP contribution is -2.41. The van der Waals surface area contributed by atoms with Gasteiger partial charge in [-0.3, -0.25) is 4.99 Å². The van der Waals surface area contributed by atoms with Crippen molar-refractivity contribution in [2.45, 2.75) is 72.4 Å². The van der Waals surface area contributed by atoms with Gasteiger partial charge < -0.3 is 10.6 Å². The lowest BCUT2D eigenvalue weighted by Gasteiger charge is -2.18. The number of hydrogen-bond donors (Lipinski definition) is 2. The largest absolute Gasteiger partial charge is 0.354 e. The van der Waals surface area contributed by atoms with Gasteiger partial charge in [-0.05, 0) is 25.7 Å². The molecule has 0 aromatic carbocycles. The van der Waals surface area contributed by atoms with Gasteiger partial charge in [0.2, 0.25) is 0 Å². The van der Waals surface area contributed by atoms with Crippen LogP contribution in [0.5, 0.6) is 0 Å². The summed E-state index contributed by atoms with van der Waals surface area (Å²) in [5.74, 6) is 1.59. The zero-order valence-corrected chi connectivity index (χ0v) is 18.7. The van der Waals surface area contributed by atoms with E-state index in [2.05, 4.69) is 62.5 Å². The second-order valence-electron chi connectivity index (χ2n) is 7.32. The summed E-state index contributed by atoms with van der Waals surface area (Å²) in [4.78, 5) is 9.00. The zero-order valence-electron chi connectivity index (χ0n) is 15.6. The first kappa shape index (κ1) is 22.6. The molecule has 0 saturated carbocycles. The Hall–Kier alpha value is -0.370. The van der Waals surface area contributed by atoms with Crippen LogP contribution in [0.3, 0.4) is 0 Å². The van der Waals surface area contributed by atoms with E-state index in [1.807, 2.05) is 7.05 Å². The summed E-state index contributed by atoms with van der Waals surface area (Å²) in [6.07, 6.45) is 2.39. The number of thiazole rings is 1. The fourth-order valence-electron chi connectivity index (χ4n) is 1.98. The van der Waals surface area contributed by atoms with Gasteiger partial charge >= 0.3 is 0 Å². The number of aliphatic imine (C=N–C) groups is 1. The lowest BCUT2D eigenvalue weighted by atomic mass is 9.93. The van der Waals surface area contributed by atoms with E-state index in [9.17, 15) is 0 Å². The molecule has 0 fully saturated rings. The van der Waals surface area contributed by atoms with Crippen molar-refractivity contribution in [2.75, 3.05) is 7.05 Å². The molecule has 134 valence electrons. The molecule has 4 nitrogen and oxygen atoms in total. The van der Waals surface area contributed by atoms with Crippen LogP contribution in [0.25, 0.3) is 0 Å². The third kappa shape index (κ3) is 8.88. The molecule has 1 atom stereocenters. The molecule has 0 bridgehead atoms. The van der Waals surface area contributed by atoms with Gasteiger partial charge in [0.25, 0.3) is 0 Å². The Bertz CT molecular complexity index is 477. The standard InChI is InChI=1S/C17H32N4S.HI/c1-12(2)8-9-13(3)20-16(18-7)19-10-15-21-14(11-22-15)17(4,5)6;/h11-13H,8-10H2,1-7H3,(H2,18,19,20);1H. The maximum absolute atomic E-state index is 4.70. The molecule has 0 saturated heterocycles. The molecule has 1 aromatic heterocycles. The summed E-state index contributed by atoms with van der Waals surface area (Å²) in [5.41, 5.74) is 1.27. The minimum absolute atomic E-state index is 0. The average molecular weight is 452 g/mol. The van der Waals surface area contributed by atoms with Gasteiger partial charge in [0.05, 0.1) is 12.2 Å². The van der Waals surface area contributed by atoms with E-state index < -0.39 is 0 Å². The Morgan fingerprint density at radius 3 is 2.39 bits per heavy atom. The van der Waals surface area contributed by atoms with Crippen LogP contribution in [-0.2, 0) is 12.0 Å². The van der Waals surface area contributed by atoms with Gasteiger partial charge in [-0.15, -0.1) is 35.3 Å². The monoisotopic (exact) mass is 452 g/mol. The van der Waals surface area contributed by atoms with Crippen LogP contribution in [0.15, 0.2) is 10.4 Å².